The van der Waals surface area contributed by atoms with Crippen LogP contribution in [0.3, 0.4) is 0 Å². The van der Waals surface area contributed by atoms with Crippen molar-refractivity contribution in [3.8, 4) is 5.75 Å². The molecular weight excluding hydrogens is 386 g/mol. The molecule has 0 atom stereocenters. The molecule has 0 aromatic heterocycles. The Morgan fingerprint density at radius 3 is 2.55 bits per heavy atom. The molecule has 3 rings (SSSR count). The lowest BCUT2D eigenvalue weighted by molar-refractivity contribution is 0.218. The molecule has 7 heteroatoms. The van der Waals surface area contributed by atoms with Gasteiger partial charge in [0.05, 0.1) is 10.6 Å². The summed E-state index contributed by atoms with van der Waals surface area (Å²) in [6.45, 7) is 8.12. The van der Waals surface area contributed by atoms with Crippen LogP contribution in [0.25, 0.3) is 0 Å². The molecule has 1 aliphatic heterocycles. The smallest absolute Gasteiger partial charge is 0.276 e. The van der Waals surface area contributed by atoms with Gasteiger partial charge < -0.3 is 5.11 Å². The summed E-state index contributed by atoms with van der Waals surface area (Å²) >= 11 is 0. The van der Waals surface area contributed by atoms with E-state index in [1.807, 2.05) is 19.1 Å². The Balaban J connectivity index is 1.78. The van der Waals surface area contributed by atoms with Crippen LogP contribution < -0.4 is 4.83 Å². The molecular formula is C22H29N3O3S. The summed E-state index contributed by atoms with van der Waals surface area (Å²) in [5.74, 6) is 0.253. The van der Waals surface area contributed by atoms with Gasteiger partial charge in [-0.25, -0.2) is 0 Å². The van der Waals surface area contributed by atoms with E-state index in [-0.39, 0.29) is 10.6 Å². The lowest BCUT2D eigenvalue weighted by Crippen LogP contribution is -2.29. The van der Waals surface area contributed by atoms with Crippen molar-refractivity contribution < 1.29 is 13.5 Å². The summed E-state index contributed by atoms with van der Waals surface area (Å²) in [5, 5.41) is 14.3. The predicted octanol–water partition coefficient (Wildman–Crippen LogP) is 3.70. The van der Waals surface area contributed by atoms with Gasteiger partial charge in [-0.15, -0.1) is 0 Å². The minimum absolute atomic E-state index is 0.227. The van der Waals surface area contributed by atoms with Crippen molar-refractivity contribution in [3.05, 3.63) is 58.7 Å². The Bertz CT molecular complexity index is 1010. The average Bonchev–Trinajstić information content (AvgIpc) is 2.70. The van der Waals surface area contributed by atoms with Gasteiger partial charge in [-0.2, -0.15) is 18.4 Å². The molecule has 2 aromatic carbocycles. The molecule has 1 saturated heterocycles. The number of piperidine rings is 1. The van der Waals surface area contributed by atoms with Crippen molar-refractivity contribution >= 4 is 15.7 Å². The Kier molecular flexibility index (Phi) is 6.59. The van der Waals surface area contributed by atoms with Gasteiger partial charge >= 0.3 is 0 Å². The first-order chi connectivity index (χ1) is 13.8. The zero-order chi connectivity index (χ0) is 21.0. The standard InChI is InChI=1S/C22H29N3O3S/c1-16-7-8-17(2)22(13-16)29(27,28)24-23-18(3)19-9-10-21(26)20(14-19)15-25-11-5-4-6-12-25/h7-10,13-14,24,26H,4-6,11-12,15H2,1-3H3/b23-18+. The first kappa shape index (κ1) is 21.3. The highest BCUT2D eigenvalue weighted by Crippen LogP contribution is 2.23. The van der Waals surface area contributed by atoms with Gasteiger partial charge in [0.1, 0.15) is 5.75 Å². The largest absolute Gasteiger partial charge is 0.508 e. The summed E-state index contributed by atoms with van der Waals surface area (Å²) in [6.07, 6.45) is 3.62. The number of phenols is 1. The second-order valence-corrected chi connectivity index (χ2v) is 9.37. The van der Waals surface area contributed by atoms with Crippen molar-refractivity contribution in [2.24, 2.45) is 5.10 Å². The molecule has 0 saturated carbocycles. The number of phenolic OH excluding ortho intramolecular Hbond substituents is 1. The molecule has 0 aliphatic carbocycles. The Morgan fingerprint density at radius 2 is 1.83 bits per heavy atom. The predicted molar refractivity (Wildman–Crippen MR) is 116 cm³/mol. The average molecular weight is 416 g/mol. The maximum Gasteiger partial charge on any atom is 0.276 e. The molecule has 29 heavy (non-hydrogen) atoms. The molecule has 6 nitrogen and oxygen atoms in total. The zero-order valence-electron chi connectivity index (χ0n) is 17.3. The summed E-state index contributed by atoms with van der Waals surface area (Å²) in [7, 11) is -3.75. The van der Waals surface area contributed by atoms with Crippen LogP contribution in [-0.2, 0) is 16.6 Å². The Hall–Kier alpha value is -2.38. The summed E-state index contributed by atoms with van der Waals surface area (Å²) in [4.78, 5) is 4.90. The number of benzene rings is 2. The number of nitrogens with zero attached hydrogens (tertiary/aromatic N) is 2. The number of aryl methyl sites for hydroxylation is 2. The van der Waals surface area contributed by atoms with Gasteiger partial charge in [-0.1, -0.05) is 18.6 Å². The van der Waals surface area contributed by atoms with E-state index in [0.29, 0.717) is 17.8 Å². The van der Waals surface area contributed by atoms with Crippen LogP contribution in [0.5, 0.6) is 5.75 Å². The molecule has 0 spiro atoms. The van der Waals surface area contributed by atoms with Gasteiger partial charge in [0, 0.05) is 12.1 Å². The molecule has 0 radical (unpaired) electrons. The quantitative estimate of drug-likeness (QED) is 0.557. The van der Waals surface area contributed by atoms with Crippen LogP contribution in [0.2, 0.25) is 0 Å². The SMILES string of the molecule is C/C(=N\NS(=O)(=O)c1cc(C)ccc1C)c1ccc(O)c(CN2CCCCC2)c1. The summed E-state index contributed by atoms with van der Waals surface area (Å²) in [5.41, 5.74) is 3.69. The molecule has 0 amide bonds. The fraction of sp³-hybridized carbons (Fsp3) is 0.409. The second-order valence-electron chi connectivity index (χ2n) is 7.74. The van der Waals surface area contributed by atoms with E-state index in [1.165, 1.54) is 19.3 Å². The van der Waals surface area contributed by atoms with E-state index < -0.39 is 10.0 Å². The number of hydrogen-bond acceptors (Lipinski definition) is 5. The third kappa shape index (κ3) is 5.36. The highest BCUT2D eigenvalue weighted by molar-refractivity contribution is 7.89. The molecule has 0 bridgehead atoms. The molecule has 1 heterocycles. The maximum absolute atomic E-state index is 12.7. The van der Waals surface area contributed by atoms with E-state index in [2.05, 4.69) is 14.8 Å². The third-order valence-electron chi connectivity index (χ3n) is 5.31. The monoisotopic (exact) mass is 415 g/mol. The Morgan fingerprint density at radius 1 is 1.10 bits per heavy atom. The van der Waals surface area contributed by atoms with Gasteiger partial charge in [0.25, 0.3) is 10.0 Å². The van der Waals surface area contributed by atoms with Crippen molar-refractivity contribution in [1.29, 1.82) is 0 Å². The first-order valence-corrected chi connectivity index (χ1v) is 11.4. The zero-order valence-corrected chi connectivity index (χ0v) is 18.1. The van der Waals surface area contributed by atoms with E-state index in [1.54, 1.807) is 38.1 Å². The van der Waals surface area contributed by atoms with Crippen molar-refractivity contribution in [2.75, 3.05) is 13.1 Å². The molecule has 0 unspecified atom stereocenters. The number of aromatic hydroxyl groups is 1. The molecule has 156 valence electrons. The molecule has 1 aliphatic rings. The Labute approximate surface area is 173 Å². The highest BCUT2D eigenvalue weighted by atomic mass is 32.2. The van der Waals surface area contributed by atoms with E-state index in [9.17, 15) is 13.5 Å². The maximum atomic E-state index is 12.7. The van der Waals surface area contributed by atoms with Crippen molar-refractivity contribution in [3.63, 3.8) is 0 Å². The van der Waals surface area contributed by atoms with Gasteiger partial charge in [0.15, 0.2) is 0 Å². The van der Waals surface area contributed by atoms with E-state index in [4.69, 9.17) is 0 Å². The van der Waals surface area contributed by atoms with Crippen LogP contribution in [0, 0.1) is 13.8 Å². The third-order valence-corrected chi connectivity index (χ3v) is 6.66. The number of hydrazone groups is 1. The van der Waals surface area contributed by atoms with Crippen LogP contribution >= 0.6 is 0 Å². The van der Waals surface area contributed by atoms with Gasteiger partial charge in [-0.05, 0) is 87.7 Å². The van der Waals surface area contributed by atoms with Crippen LogP contribution in [0.15, 0.2) is 46.4 Å². The van der Waals surface area contributed by atoms with Crippen molar-refractivity contribution in [2.45, 2.75) is 51.5 Å². The minimum Gasteiger partial charge on any atom is -0.508 e. The highest BCUT2D eigenvalue weighted by Gasteiger charge is 2.17. The fourth-order valence-corrected chi connectivity index (χ4v) is 4.72. The minimum atomic E-state index is -3.75. The molecule has 2 aromatic rings. The fourth-order valence-electron chi connectivity index (χ4n) is 3.53. The van der Waals surface area contributed by atoms with Gasteiger partial charge in [0.2, 0.25) is 0 Å². The summed E-state index contributed by atoms with van der Waals surface area (Å²) in [6, 6.07) is 10.6. The molecule has 2 N–H and O–H groups in total. The van der Waals surface area contributed by atoms with Crippen LogP contribution in [0.1, 0.15) is 48.4 Å². The number of sulfonamides is 1. The van der Waals surface area contributed by atoms with E-state index in [0.717, 1.165) is 29.8 Å². The number of hydrogen-bond donors (Lipinski definition) is 2. The van der Waals surface area contributed by atoms with Gasteiger partial charge in [-0.3, -0.25) is 4.90 Å². The first-order valence-electron chi connectivity index (χ1n) is 9.94. The summed E-state index contributed by atoms with van der Waals surface area (Å²) < 4.78 is 25.3. The number of rotatable bonds is 6. The normalized spacial score (nSPS) is 16.0. The van der Waals surface area contributed by atoms with Crippen LogP contribution in [0.4, 0.5) is 0 Å². The topological polar surface area (TPSA) is 82.0 Å². The number of nitrogens with one attached hydrogen (secondary N) is 1. The lowest BCUT2D eigenvalue weighted by Gasteiger charge is -2.26. The van der Waals surface area contributed by atoms with Crippen molar-refractivity contribution in [1.82, 2.24) is 9.73 Å². The number of likely N-dealkylation sites (tertiary alicyclic amines) is 1. The van der Waals surface area contributed by atoms with E-state index >= 15 is 0 Å². The lowest BCUT2D eigenvalue weighted by atomic mass is 10.0. The van der Waals surface area contributed by atoms with Crippen LogP contribution in [-0.4, -0.2) is 37.2 Å². The molecule has 1 fully saturated rings. The second kappa shape index (κ2) is 8.97.